The third-order valence-electron chi connectivity index (χ3n) is 4.09. The quantitative estimate of drug-likeness (QED) is 0.774. The van der Waals surface area contributed by atoms with Crippen LogP contribution in [0.5, 0.6) is 0 Å². The largest absolute Gasteiger partial charge is 0.280 e. The molecule has 1 spiro atoms. The summed E-state index contributed by atoms with van der Waals surface area (Å²) in [4.78, 5) is 14.6. The molecule has 2 aliphatic rings. The van der Waals surface area contributed by atoms with Gasteiger partial charge in [0.2, 0.25) is 5.91 Å². The van der Waals surface area contributed by atoms with Crippen molar-refractivity contribution in [3.05, 3.63) is 58.6 Å². The molecule has 1 heterocycles. The highest BCUT2D eigenvalue weighted by atomic mass is 79.9. The zero-order valence-electron chi connectivity index (χ0n) is 10.3. The molecular formula is C16H12BrNO. The molecule has 2 nitrogen and oxygen atoms in total. The van der Waals surface area contributed by atoms with Gasteiger partial charge >= 0.3 is 0 Å². The highest BCUT2D eigenvalue weighted by Gasteiger charge is 2.59. The second kappa shape index (κ2) is 3.70. The molecule has 0 atom stereocenters. The lowest BCUT2D eigenvalue weighted by molar-refractivity contribution is -0.119. The lowest BCUT2D eigenvalue weighted by atomic mass is 9.98. The minimum Gasteiger partial charge on any atom is -0.280 e. The summed E-state index contributed by atoms with van der Waals surface area (Å²) in [5, 5.41) is 0. The number of benzene rings is 2. The Morgan fingerprint density at radius 1 is 1.05 bits per heavy atom. The SMILES string of the molecule is O=C1N(c2ccccc2)c2ccc(Br)cc2C12CC2. The van der Waals surface area contributed by atoms with Crippen molar-refractivity contribution in [1.82, 2.24) is 0 Å². The number of para-hydroxylation sites is 1. The molecule has 1 fully saturated rings. The number of hydrogen-bond donors (Lipinski definition) is 0. The maximum absolute atomic E-state index is 12.8. The summed E-state index contributed by atoms with van der Waals surface area (Å²) in [5.74, 6) is 0.229. The first-order valence-corrected chi connectivity index (χ1v) is 7.21. The lowest BCUT2D eigenvalue weighted by Crippen LogP contribution is -2.27. The molecule has 19 heavy (non-hydrogen) atoms. The fourth-order valence-corrected chi connectivity index (χ4v) is 3.33. The van der Waals surface area contributed by atoms with Crippen molar-refractivity contribution in [1.29, 1.82) is 0 Å². The van der Waals surface area contributed by atoms with Crippen LogP contribution in [0.2, 0.25) is 0 Å². The van der Waals surface area contributed by atoms with Gasteiger partial charge in [0.15, 0.2) is 0 Å². The van der Waals surface area contributed by atoms with Crippen LogP contribution < -0.4 is 4.90 Å². The molecule has 0 aromatic heterocycles. The van der Waals surface area contributed by atoms with Crippen LogP contribution in [0.15, 0.2) is 53.0 Å². The zero-order chi connectivity index (χ0) is 13.0. The number of fused-ring (bicyclic) bond motifs is 2. The second-order valence-electron chi connectivity index (χ2n) is 5.22. The van der Waals surface area contributed by atoms with E-state index in [1.807, 2.05) is 47.4 Å². The van der Waals surface area contributed by atoms with Gasteiger partial charge in [-0.15, -0.1) is 0 Å². The number of anilines is 2. The third-order valence-corrected chi connectivity index (χ3v) is 4.59. The zero-order valence-corrected chi connectivity index (χ0v) is 11.9. The monoisotopic (exact) mass is 313 g/mol. The fraction of sp³-hybridized carbons (Fsp3) is 0.188. The van der Waals surface area contributed by atoms with Gasteiger partial charge in [0.1, 0.15) is 0 Å². The van der Waals surface area contributed by atoms with Crippen LogP contribution in [0.4, 0.5) is 11.4 Å². The van der Waals surface area contributed by atoms with Gasteiger partial charge in [-0.2, -0.15) is 0 Å². The van der Waals surface area contributed by atoms with E-state index in [0.29, 0.717) is 0 Å². The number of rotatable bonds is 1. The molecule has 0 bridgehead atoms. The number of carbonyl (C=O) groups is 1. The molecule has 4 rings (SSSR count). The van der Waals surface area contributed by atoms with Crippen LogP contribution in [0.1, 0.15) is 18.4 Å². The molecular weight excluding hydrogens is 302 g/mol. The molecule has 1 aliphatic carbocycles. The predicted octanol–water partition coefficient (Wildman–Crippen LogP) is 4.16. The molecule has 94 valence electrons. The molecule has 0 saturated heterocycles. The van der Waals surface area contributed by atoms with E-state index in [4.69, 9.17) is 0 Å². The summed E-state index contributed by atoms with van der Waals surface area (Å²) in [6, 6.07) is 16.0. The van der Waals surface area contributed by atoms with Crippen molar-refractivity contribution in [3.8, 4) is 0 Å². The van der Waals surface area contributed by atoms with Crippen LogP contribution in [-0.4, -0.2) is 5.91 Å². The average molecular weight is 314 g/mol. The minimum atomic E-state index is -0.241. The van der Waals surface area contributed by atoms with Gasteiger partial charge in [-0.1, -0.05) is 34.1 Å². The van der Waals surface area contributed by atoms with Gasteiger partial charge in [-0.05, 0) is 48.7 Å². The Morgan fingerprint density at radius 2 is 1.79 bits per heavy atom. The molecule has 1 aliphatic heterocycles. The van der Waals surface area contributed by atoms with Gasteiger partial charge < -0.3 is 0 Å². The van der Waals surface area contributed by atoms with Crippen molar-refractivity contribution >= 4 is 33.2 Å². The first kappa shape index (κ1) is 11.2. The summed E-state index contributed by atoms with van der Waals surface area (Å²) < 4.78 is 1.04. The first-order chi connectivity index (χ1) is 9.22. The maximum atomic E-state index is 12.8. The van der Waals surface area contributed by atoms with E-state index >= 15 is 0 Å². The molecule has 1 saturated carbocycles. The number of amides is 1. The Hall–Kier alpha value is -1.61. The van der Waals surface area contributed by atoms with E-state index in [1.54, 1.807) is 0 Å². The Morgan fingerprint density at radius 3 is 2.47 bits per heavy atom. The van der Waals surface area contributed by atoms with Crippen molar-refractivity contribution in [2.24, 2.45) is 0 Å². The molecule has 2 aromatic rings. The molecule has 0 unspecified atom stereocenters. The van der Waals surface area contributed by atoms with Crippen molar-refractivity contribution in [2.45, 2.75) is 18.3 Å². The van der Waals surface area contributed by atoms with E-state index < -0.39 is 0 Å². The van der Waals surface area contributed by atoms with E-state index in [9.17, 15) is 4.79 Å². The molecule has 1 amide bonds. The van der Waals surface area contributed by atoms with Gasteiger partial charge in [0.05, 0.1) is 11.1 Å². The average Bonchev–Trinajstić information content (AvgIpc) is 3.19. The van der Waals surface area contributed by atoms with Crippen molar-refractivity contribution < 1.29 is 4.79 Å². The van der Waals surface area contributed by atoms with E-state index in [-0.39, 0.29) is 11.3 Å². The van der Waals surface area contributed by atoms with Gasteiger partial charge in [0, 0.05) is 10.2 Å². The summed E-state index contributed by atoms with van der Waals surface area (Å²) in [7, 11) is 0. The summed E-state index contributed by atoms with van der Waals surface area (Å²) >= 11 is 3.51. The lowest BCUT2D eigenvalue weighted by Gasteiger charge is -2.18. The Labute approximate surface area is 120 Å². The van der Waals surface area contributed by atoms with Crippen LogP contribution in [0, 0.1) is 0 Å². The first-order valence-electron chi connectivity index (χ1n) is 6.42. The summed E-state index contributed by atoms with van der Waals surface area (Å²) in [6.07, 6.45) is 1.94. The van der Waals surface area contributed by atoms with Gasteiger partial charge in [-0.3, -0.25) is 9.69 Å². The van der Waals surface area contributed by atoms with Crippen LogP contribution >= 0.6 is 15.9 Å². The van der Waals surface area contributed by atoms with E-state index in [0.717, 1.165) is 28.7 Å². The number of halogens is 1. The standard InChI is InChI=1S/C16H12BrNO/c17-11-6-7-14-13(10-11)16(8-9-16)15(19)18(14)12-4-2-1-3-5-12/h1-7,10H,8-9H2. The number of hydrogen-bond acceptors (Lipinski definition) is 1. The smallest absolute Gasteiger partial charge is 0.242 e. The maximum Gasteiger partial charge on any atom is 0.242 e. The van der Waals surface area contributed by atoms with Crippen molar-refractivity contribution in [2.75, 3.05) is 4.90 Å². The highest BCUT2D eigenvalue weighted by Crippen LogP contribution is 2.59. The molecule has 0 N–H and O–H groups in total. The van der Waals surface area contributed by atoms with Crippen LogP contribution in [0.25, 0.3) is 0 Å². The Balaban J connectivity index is 1.94. The topological polar surface area (TPSA) is 20.3 Å². The molecule has 0 radical (unpaired) electrons. The van der Waals surface area contributed by atoms with Gasteiger partial charge in [0.25, 0.3) is 0 Å². The molecule has 2 aromatic carbocycles. The number of carbonyl (C=O) groups excluding carboxylic acids is 1. The van der Waals surface area contributed by atoms with Crippen LogP contribution in [0.3, 0.4) is 0 Å². The van der Waals surface area contributed by atoms with Crippen molar-refractivity contribution in [3.63, 3.8) is 0 Å². The van der Waals surface area contributed by atoms with Gasteiger partial charge in [-0.25, -0.2) is 0 Å². The Kier molecular flexibility index (Phi) is 2.19. The summed E-state index contributed by atoms with van der Waals surface area (Å²) in [6.45, 7) is 0. The second-order valence-corrected chi connectivity index (χ2v) is 6.14. The van der Waals surface area contributed by atoms with Crippen LogP contribution in [-0.2, 0) is 10.2 Å². The highest BCUT2D eigenvalue weighted by molar-refractivity contribution is 9.10. The predicted molar refractivity (Wildman–Crippen MR) is 78.6 cm³/mol. The normalized spacial score (nSPS) is 18.8. The summed E-state index contributed by atoms with van der Waals surface area (Å²) in [5.41, 5.74) is 2.93. The number of nitrogens with zero attached hydrogens (tertiary/aromatic N) is 1. The fourth-order valence-electron chi connectivity index (χ4n) is 2.97. The Bertz CT molecular complexity index is 676. The van der Waals surface area contributed by atoms with E-state index in [2.05, 4.69) is 22.0 Å². The molecule has 3 heteroatoms. The van der Waals surface area contributed by atoms with E-state index in [1.165, 1.54) is 5.56 Å². The minimum absolute atomic E-state index is 0.229. The third kappa shape index (κ3) is 1.45.